The molecule has 3 heteroatoms. The van der Waals surface area contributed by atoms with Gasteiger partial charge in [-0.05, 0) is 12.6 Å². The van der Waals surface area contributed by atoms with E-state index in [1.165, 1.54) is 19.3 Å². The van der Waals surface area contributed by atoms with Crippen LogP contribution in [0.3, 0.4) is 0 Å². The minimum atomic E-state index is -2.72. The average Bonchev–Trinajstić information content (AvgIpc) is 1.85. The third-order valence-electron chi connectivity index (χ3n) is 1.75. The standard InChI is InChI=1S/C8H20O2Si/c1-3-4-5-6-7-8-11(2,9)10/h9-10H,3-8H2,1-2H3. The molecule has 0 fully saturated rings. The van der Waals surface area contributed by atoms with Gasteiger partial charge in [0.1, 0.15) is 0 Å². The average molecular weight is 176 g/mol. The molecule has 0 aliphatic heterocycles. The molecule has 2 N–H and O–H groups in total. The SMILES string of the molecule is CCCCCCC[Si](C)(O)O. The highest BCUT2D eigenvalue weighted by Gasteiger charge is 2.19. The van der Waals surface area contributed by atoms with Crippen molar-refractivity contribution in [2.45, 2.75) is 51.6 Å². The summed E-state index contributed by atoms with van der Waals surface area (Å²) in [5, 5.41) is 0. The summed E-state index contributed by atoms with van der Waals surface area (Å²) in [5.41, 5.74) is 0. The van der Waals surface area contributed by atoms with E-state index in [-0.39, 0.29) is 0 Å². The van der Waals surface area contributed by atoms with Gasteiger partial charge in [-0.3, -0.25) is 0 Å². The van der Waals surface area contributed by atoms with Crippen LogP contribution in [0.4, 0.5) is 0 Å². The molecule has 0 aliphatic rings. The van der Waals surface area contributed by atoms with Crippen molar-refractivity contribution >= 4 is 8.56 Å². The second-order valence-electron chi connectivity index (χ2n) is 3.38. The van der Waals surface area contributed by atoms with Crippen molar-refractivity contribution in [3.05, 3.63) is 0 Å². The lowest BCUT2D eigenvalue weighted by Gasteiger charge is -2.10. The molecule has 68 valence electrons. The summed E-state index contributed by atoms with van der Waals surface area (Å²) < 4.78 is 0. The van der Waals surface area contributed by atoms with Gasteiger partial charge in [-0.2, -0.15) is 0 Å². The summed E-state index contributed by atoms with van der Waals surface area (Å²) in [5.74, 6) is 0. The molecule has 0 rings (SSSR count). The van der Waals surface area contributed by atoms with Crippen LogP contribution in [0, 0.1) is 0 Å². The van der Waals surface area contributed by atoms with Crippen molar-refractivity contribution in [2.24, 2.45) is 0 Å². The van der Waals surface area contributed by atoms with Gasteiger partial charge in [0.25, 0.3) is 0 Å². The third-order valence-corrected chi connectivity index (χ3v) is 3.05. The van der Waals surface area contributed by atoms with Crippen LogP contribution in [0.15, 0.2) is 0 Å². The third kappa shape index (κ3) is 10.1. The zero-order valence-corrected chi connectivity index (χ0v) is 8.64. The van der Waals surface area contributed by atoms with Crippen LogP contribution in [-0.2, 0) is 0 Å². The van der Waals surface area contributed by atoms with E-state index >= 15 is 0 Å². The Balaban J connectivity index is 3.02. The summed E-state index contributed by atoms with van der Waals surface area (Å²) in [6.45, 7) is 3.75. The van der Waals surface area contributed by atoms with Crippen LogP contribution in [0.5, 0.6) is 0 Å². The van der Waals surface area contributed by atoms with Gasteiger partial charge >= 0.3 is 8.56 Å². The lowest BCUT2D eigenvalue weighted by atomic mass is 10.2. The highest BCUT2D eigenvalue weighted by atomic mass is 28.4. The highest BCUT2D eigenvalue weighted by Crippen LogP contribution is 2.10. The van der Waals surface area contributed by atoms with E-state index in [0.29, 0.717) is 6.04 Å². The Morgan fingerprint density at radius 2 is 1.55 bits per heavy atom. The van der Waals surface area contributed by atoms with Crippen molar-refractivity contribution in [1.29, 1.82) is 0 Å². The first kappa shape index (κ1) is 11.1. The lowest BCUT2D eigenvalue weighted by molar-refractivity contribution is 0.366. The van der Waals surface area contributed by atoms with Crippen LogP contribution in [0.1, 0.15) is 39.0 Å². The van der Waals surface area contributed by atoms with E-state index < -0.39 is 8.56 Å². The number of hydrogen-bond donors (Lipinski definition) is 2. The Kier molecular flexibility index (Phi) is 5.82. The van der Waals surface area contributed by atoms with Gasteiger partial charge in [-0.1, -0.05) is 39.0 Å². The Morgan fingerprint density at radius 1 is 1.00 bits per heavy atom. The van der Waals surface area contributed by atoms with Crippen molar-refractivity contribution in [1.82, 2.24) is 0 Å². The zero-order valence-electron chi connectivity index (χ0n) is 7.64. The Bertz CT molecular complexity index is 88.6. The van der Waals surface area contributed by atoms with Crippen LogP contribution >= 0.6 is 0 Å². The van der Waals surface area contributed by atoms with E-state index in [1.807, 2.05) is 0 Å². The van der Waals surface area contributed by atoms with Crippen LogP contribution in [0.2, 0.25) is 12.6 Å². The Hall–Kier alpha value is 0.137. The van der Waals surface area contributed by atoms with E-state index in [9.17, 15) is 0 Å². The molecule has 0 unspecified atom stereocenters. The van der Waals surface area contributed by atoms with Gasteiger partial charge < -0.3 is 9.59 Å². The van der Waals surface area contributed by atoms with Gasteiger partial charge in [0.2, 0.25) is 0 Å². The number of unbranched alkanes of at least 4 members (excludes halogenated alkanes) is 4. The quantitative estimate of drug-likeness (QED) is 0.480. The predicted octanol–water partition coefficient (Wildman–Crippen LogP) is 2.01. The van der Waals surface area contributed by atoms with E-state index in [0.717, 1.165) is 12.8 Å². The van der Waals surface area contributed by atoms with Crippen LogP contribution < -0.4 is 0 Å². The molecule has 11 heavy (non-hydrogen) atoms. The smallest absolute Gasteiger partial charge is 0.329 e. The Labute approximate surface area is 70.5 Å². The molecule has 0 amide bonds. The van der Waals surface area contributed by atoms with Crippen LogP contribution in [-0.4, -0.2) is 18.2 Å². The van der Waals surface area contributed by atoms with Gasteiger partial charge in [-0.25, -0.2) is 0 Å². The minimum absolute atomic E-state index is 0.636. The fourth-order valence-corrected chi connectivity index (χ4v) is 1.98. The molecular weight excluding hydrogens is 156 g/mol. The first-order valence-corrected chi connectivity index (χ1v) is 7.11. The van der Waals surface area contributed by atoms with Crippen molar-refractivity contribution < 1.29 is 9.59 Å². The molecule has 0 bridgehead atoms. The molecule has 0 heterocycles. The molecule has 0 atom stereocenters. The van der Waals surface area contributed by atoms with Crippen molar-refractivity contribution in [2.75, 3.05) is 0 Å². The zero-order chi connectivity index (χ0) is 8.74. The molecule has 0 aromatic rings. The molecular formula is C8H20O2Si. The monoisotopic (exact) mass is 176 g/mol. The van der Waals surface area contributed by atoms with E-state index in [1.54, 1.807) is 6.55 Å². The number of rotatable bonds is 6. The molecule has 0 aromatic heterocycles. The summed E-state index contributed by atoms with van der Waals surface area (Å²) in [6.07, 6.45) is 5.89. The highest BCUT2D eigenvalue weighted by molar-refractivity contribution is 6.63. The largest absolute Gasteiger partial charge is 0.411 e. The maximum Gasteiger partial charge on any atom is 0.329 e. The predicted molar refractivity (Wildman–Crippen MR) is 49.6 cm³/mol. The summed E-state index contributed by atoms with van der Waals surface area (Å²) in [6, 6.07) is 0.636. The molecule has 0 aliphatic carbocycles. The second kappa shape index (κ2) is 5.74. The minimum Gasteiger partial charge on any atom is -0.411 e. The first-order valence-electron chi connectivity index (χ1n) is 4.51. The molecule has 0 saturated carbocycles. The maximum absolute atomic E-state index is 9.07. The van der Waals surface area contributed by atoms with Crippen molar-refractivity contribution in [3.8, 4) is 0 Å². The van der Waals surface area contributed by atoms with Gasteiger partial charge in [0, 0.05) is 0 Å². The summed E-state index contributed by atoms with van der Waals surface area (Å²) >= 11 is 0. The molecule has 0 spiro atoms. The topological polar surface area (TPSA) is 40.5 Å². The molecule has 2 nitrogen and oxygen atoms in total. The van der Waals surface area contributed by atoms with E-state index in [2.05, 4.69) is 6.92 Å². The van der Waals surface area contributed by atoms with Crippen LogP contribution in [0.25, 0.3) is 0 Å². The molecule has 0 aromatic carbocycles. The fourth-order valence-electron chi connectivity index (χ4n) is 1.06. The fraction of sp³-hybridized carbons (Fsp3) is 1.00. The molecule has 0 radical (unpaired) electrons. The maximum atomic E-state index is 9.07. The summed E-state index contributed by atoms with van der Waals surface area (Å²) in [4.78, 5) is 18.1. The second-order valence-corrected chi connectivity index (χ2v) is 6.32. The normalized spacial score (nSPS) is 12.0. The Morgan fingerprint density at radius 3 is 2.00 bits per heavy atom. The van der Waals surface area contributed by atoms with Gasteiger partial charge in [-0.15, -0.1) is 0 Å². The van der Waals surface area contributed by atoms with Gasteiger partial charge in [0.05, 0.1) is 0 Å². The van der Waals surface area contributed by atoms with Gasteiger partial charge in [0.15, 0.2) is 0 Å². The summed E-state index contributed by atoms with van der Waals surface area (Å²) in [7, 11) is -2.72. The van der Waals surface area contributed by atoms with Crippen molar-refractivity contribution in [3.63, 3.8) is 0 Å². The first-order chi connectivity index (χ1) is 5.06. The van der Waals surface area contributed by atoms with E-state index in [4.69, 9.17) is 9.59 Å². The lowest BCUT2D eigenvalue weighted by Crippen LogP contribution is -2.29. The molecule has 0 saturated heterocycles. The number of hydrogen-bond acceptors (Lipinski definition) is 2.